The largest absolute Gasteiger partial charge is 0.323 e. The number of carbonyl (C=O) groups is 1. The highest BCUT2D eigenvalue weighted by molar-refractivity contribution is 5.92. The normalized spacial score (nSPS) is 15.1. The van der Waals surface area contributed by atoms with Gasteiger partial charge in [0.1, 0.15) is 0 Å². The van der Waals surface area contributed by atoms with Gasteiger partial charge in [0.05, 0.1) is 30.7 Å². The van der Waals surface area contributed by atoms with Crippen LogP contribution in [-0.4, -0.2) is 38.3 Å². The first-order chi connectivity index (χ1) is 12.8. The van der Waals surface area contributed by atoms with Crippen LogP contribution < -0.4 is 10.6 Å². The second-order valence-electron chi connectivity index (χ2n) is 6.55. The monoisotopic (exact) mass is 350 g/mol. The molecule has 2 aromatic heterocycles. The van der Waals surface area contributed by atoms with Crippen molar-refractivity contribution in [2.45, 2.75) is 25.3 Å². The van der Waals surface area contributed by atoms with Gasteiger partial charge in [-0.2, -0.15) is 5.10 Å². The van der Waals surface area contributed by atoms with Crippen molar-refractivity contribution in [2.24, 2.45) is 0 Å². The molecule has 3 heterocycles. The molecule has 1 aromatic carbocycles. The molecule has 1 amide bonds. The van der Waals surface area contributed by atoms with E-state index < -0.39 is 0 Å². The second kappa shape index (κ2) is 7.53. The fourth-order valence-electron chi connectivity index (χ4n) is 3.26. The van der Waals surface area contributed by atoms with E-state index in [1.54, 1.807) is 18.7 Å². The van der Waals surface area contributed by atoms with Gasteiger partial charge < -0.3 is 15.2 Å². The minimum absolute atomic E-state index is 0.0368. The maximum atomic E-state index is 12.3. The summed E-state index contributed by atoms with van der Waals surface area (Å²) < 4.78 is 3.90. The van der Waals surface area contributed by atoms with Crippen molar-refractivity contribution in [3.8, 4) is 5.69 Å². The number of benzene rings is 1. The van der Waals surface area contributed by atoms with Crippen LogP contribution in [0.1, 0.15) is 24.4 Å². The molecule has 0 unspecified atom stereocenters. The summed E-state index contributed by atoms with van der Waals surface area (Å²) in [6.45, 7) is 2.03. The third-order valence-corrected chi connectivity index (χ3v) is 4.67. The first kappa shape index (κ1) is 16.5. The van der Waals surface area contributed by atoms with Crippen molar-refractivity contribution < 1.29 is 4.79 Å². The maximum Gasteiger partial charge on any atom is 0.228 e. The number of rotatable bonds is 5. The Morgan fingerprint density at radius 3 is 2.77 bits per heavy atom. The van der Waals surface area contributed by atoms with Crippen molar-refractivity contribution >= 4 is 11.6 Å². The lowest BCUT2D eigenvalue weighted by Gasteiger charge is -2.22. The van der Waals surface area contributed by atoms with Crippen molar-refractivity contribution in [3.05, 3.63) is 60.9 Å². The predicted molar refractivity (Wildman–Crippen MR) is 99.3 cm³/mol. The van der Waals surface area contributed by atoms with Crippen LogP contribution in [0.15, 0.2) is 55.4 Å². The number of imidazole rings is 1. The van der Waals surface area contributed by atoms with E-state index in [2.05, 4.69) is 20.7 Å². The standard InChI is InChI=1S/C19H22N6O/c26-19(11-15-1-3-17(4-2-15)24-10-9-21-14-24)23-16-12-22-25(13-16)18-5-7-20-8-6-18/h1-4,9-10,12-14,18,20H,5-8,11H2,(H,23,26). The van der Waals surface area contributed by atoms with Crippen LogP contribution in [-0.2, 0) is 11.2 Å². The SMILES string of the molecule is O=C(Cc1ccc(-n2ccnc2)cc1)Nc1cnn(C2CCNCC2)c1. The third-order valence-electron chi connectivity index (χ3n) is 4.67. The average Bonchev–Trinajstić information content (AvgIpc) is 3.35. The maximum absolute atomic E-state index is 12.3. The van der Waals surface area contributed by atoms with Crippen LogP contribution in [0.4, 0.5) is 5.69 Å². The summed E-state index contributed by atoms with van der Waals surface area (Å²) >= 11 is 0. The van der Waals surface area contributed by atoms with Gasteiger partial charge in [-0.25, -0.2) is 4.98 Å². The van der Waals surface area contributed by atoms with Gasteiger partial charge in [0.15, 0.2) is 0 Å². The molecule has 7 nitrogen and oxygen atoms in total. The van der Waals surface area contributed by atoms with Gasteiger partial charge in [0.25, 0.3) is 0 Å². The van der Waals surface area contributed by atoms with Gasteiger partial charge in [-0.3, -0.25) is 9.48 Å². The van der Waals surface area contributed by atoms with Crippen LogP contribution in [0.5, 0.6) is 0 Å². The molecule has 4 rings (SSSR count). The van der Waals surface area contributed by atoms with Gasteiger partial charge in [-0.1, -0.05) is 12.1 Å². The van der Waals surface area contributed by atoms with Crippen molar-refractivity contribution in [1.29, 1.82) is 0 Å². The molecule has 0 bridgehead atoms. The number of nitrogens with zero attached hydrogens (tertiary/aromatic N) is 4. The number of hydrogen-bond acceptors (Lipinski definition) is 4. The molecule has 0 spiro atoms. The smallest absolute Gasteiger partial charge is 0.228 e. The minimum atomic E-state index is -0.0368. The fourth-order valence-corrected chi connectivity index (χ4v) is 3.26. The summed E-state index contributed by atoms with van der Waals surface area (Å²) in [5.41, 5.74) is 2.75. The average molecular weight is 350 g/mol. The molecule has 3 aromatic rings. The summed E-state index contributed by atoms with van der Waals surface area (Å²) in [5, 5.41) is 10.7. The lowest BCUT2D eigenvalue weighted by Crippen LogP contribution is -2.29. The van der Waals surface area contributed by atoms with Gasteiger partial charge in [0, 0.05) is 24.3 Å². The molecule has 2 N–H and O–H groups in total. The molecule has 0 atom stereocenters. The number of anilines is 1. The molecule has 0 radical (unpaired) electrons. The van der Waals surface area contributed by atoms with E-state index >= 15 is 0 Å². The van der Waals surface area contributed by atoms with E-state index in [1.807, 2.05) is 45.9 Å². The molecule has 26 heavy (non-hydrogen) atoms. The molecule has 1 fully saturated rings. The van der Waals surface area contributed by atoms with Gasteiger partial charge >= 0.3 is 0 Å². The summed E-state index contributed by atoms with van der Waals surface area (Å²) in [6.07, 6.45) is 11.5. The van der Waals surface area contributed by atoms with Gasteiger partial charge in [-0.05, 0) is 43.6 Å². The fraction of sp³-hybridized carbons (Fsp3) is 0.316. The summed E-state index contributed by atoms with van der Waals surface area (Å²) in [7, 11) is 0. The Morgan fingerprint density at radius 1 is 1.23 bits per heavy atom. The molecule has 134 valence electrons. The summed E-state index contributed by atoms with van der Waals surface area (Å²) in [4.78, 5) is 16.3. The molecule has 1 aliphatic rings. The van der Waals surface area contributed by atoms with Gasteiger partial charge in [0.2, 0.25) is 5.91 Å². The third kappa shape index (κ3) is 3.83. The van der Waals surface area contributed by atoms with Gasteiger partial charge in [-0.15, -0.1) is 0 Å². The topological polar surface area (TPSA) is 76.8 Å². The Kier molecular flexibility index (Phi) is 4.79. The first-order valence-electron chi connectivity index (χ1n) is 8.90. The first-order valence-corrected chi connectivity index (χ1v) is 8.90. The van der Waals surface area contributed by atoms with Crippen LogP contribution >= 0.6 is 0 Å². The molecular weight excluding hydrogens is 328 g/mol. The molecule has 7 heteroatoms. The van der Waals surface area contributed by atoms with Crippen LogP contribution in [0.2, 0.25) is 0 Å². The number of amides is 1. The number of aromatic nitrogens is 4. The van der Waals surface area contributed by atoms with E-state index in [1.165, 1.54) is 0 Å². The second-order valence-corrected chi connectivity index (χ2v) is 6.55. The quantitative estimate of drug-likeness (QED) is 0.739. The molecule has 1 saturated heterocycles. The lowest BCUT2D eigenvalue weighted by atomic mass is 10.1. The molecule has 0 aliphatic carbocycles. The number of carbonyl (C=O) groups excluding carboxylic acids is 1. The van der Waals surface area contributed by atoms with Crippen LogP contribution in [0.3, 0.4) is 0 Å². The number of hydrogen-bond donors (Lipinski definition) is 2. The number of piperidine rings is 1. The summed E-state index contributed by atoms with van der Waals surface area (Å²) in [6, 6.07) is 8.32. The number of nitrogens with one attached hydrogen (secondary N) is 2. The Hall–Kier alpha value is -2.93. The Bertz CT molecular complexity index is 847. The lowest BCUT2D eigenvalue weighted by molar-refractivity contribution is -0.115. The molecule has 1 aliphatic heterocycles. The van der Waals surface area contributed by atoms with E-state index in [-0.39, 0.29) is 5.91 Å². The van der Waals surface area contributed by atoms with E-state index in [9.17, 15) is 4.79 Å². The van der Waals surface area contributed by atoms with E-state index in [4.69, 9.17) is 0 Å². The highest BCUT2D eigenvalue weighted by Crippen LogP contribution is 2.19. The van der Waals surface area contributed by atoms with E-state index in [0.29, 0.717) is 12.5 Å². The van der Waals surface area contributed by atoms with Crippen LogP contribution in [0.25, 0.3) is 5.69 Å². The Labute approximate surface area is 152 Å². The highest BCUT2D eigenvalue weighted by Gasteiger charge is 2.16. The Balaban J connectivity index is 1.34. The van der Waals surface area contributed by atoms with Crippen molar-refractivity contribution in [3.63, 3.8) is 0 Å². The van der Waals surface area contributed by atoms with E-state index in [0.717, 1.165) is 42.9 Å². The van der Waals surface area contributed by atoms with Crippen LogP contribution in [0, 0.1) is 0 Å². The zero-order valence-electron chi connectivity index (χ0n) is 14.5. The van der Waals surface area contributed by atoms with Crippen molar-refractivity contribution in [2.75, 3.05) is 18.4 Å². The zero-order valence-corrected chi connectivity index (χ0v) is 14.5. The zero-order chi connectivity index (χ0) is 17.8. The van der Waals surface area contributed by atoms with Crippen molar-refractivity contribution in [1.82, 2.24) is 24.6 Å². The minimum Gasteiger partial charge on any atom is -0.323 e. The Morgan fingerprint density at radius 2 is 2.04 bits per heavy atom. The summed E-state index contributed by atoms with van der Waals surface area (Å²) in [5.74, 6) is -0.0368. The molecular formula is C19H22N6O. The highest BCUT2D eigenvalue weighted by atomic mass is 16.1. The molecule has 0 saturated carbocycles. The predicted octanol–water partition coefficient (Wildman–Crippen LogP) is 2.17.